The summed E-state index contributed by atoms with van der Waals surface area (Å²) < 4.78 is 81.1. The van der Waals surface area contributed by atoms with Gasteiger partial charge in [-0.3, -0.25) is 0 Å². The van der Waals surface area contributed by atoms with Gasteiger partial charge >= 0.3 is 35.4 Å². The van der Waals surface area contributed by atoms with Crippen LogP contribution in [-0.4, -0.2) is 38.2 Å². The number of anilines is 1. The van der Waals surface area contributed by atoms with Crippen molar-refractivity contribution in [2.24, 2.45) is 0 Å². The van der Waals surface area contributed by atoms with E-state index in [2.05, 4.69) is 0 Å². The number of fused-ring (bicyclic) bond motifs is 2. The molecule has 1 aromatic heterocycles. The number of benzene rings is 2. The van der Waals surface area contributed by atoms with Gasteiger partial charge in [-0.05, 0) is 48.7 Å². The van der Waals surface area contributed by atoms with Gasteiger partial charge in [0.15, 0.2) is 15.9 Å². The van der Waals surface area contributed by atoms with E-state index in [-0.39, 0.29) is 48.4 Å². The van der Waals surface area contributed by atoms with Crippen molar-refractivity contribution in [3.05, 3.63) is 69.9 Å². The number of ether oxygens (including phenoxy) is 1. The van der Waals surface area contributed by atoms with Gasteiger partial charge < -0.3 is 23.2 Å². The van der Waals surface area contributed by atoms with Gasteiger partial charge in [0, 0.05) is 34.5 Å². The largest absolute Gasteiger partial charge is 1.00 e. The minimum atomic E-state index is -4.67. The van der Waals surface area contributed by atoms with E-state index in [4.69, 9.17) is 32.4 Å². The smallest absolute Gasteiger partial charge is 0.748 e. The van der Waals surface area contributed by atoms with E-state index in [0.717, 1.165) is 0 Å². The van der Waals surface area contributed by atoms with Crippen LogP contribution in [-0.2, 0) is 26.1 Å². The summed E-state index contributed by atoms with van der Waals surface area (Å²) in [5, 5.41) is 0.780. The molecule has 1 aliphatic rings. The standard InChI is InChI=1S/C23H22Cl2N2O8S2.Na/c1-2-15(11-23-27(14-37(31,32)33)19-13-17(25)5-7-21(19)35-23)10-22-26(8-3-9-36(28,29)30)18-12-16(24)4-6-20(18)34-22;/h4-7,10-13H,2-3,8-9,14H2,1H3,(H-,28,29,30,31,32,33);/q;+1/p-1. The van der Waals surface area contributed by atoms with Crippen LogP contribution in [0.25, 0.3) is 17.2 Å². The third kappa shape index (κ3) is 7.74. The van der Waals surface area contributed by atoms with Crippen molar-refractivity contribution in [1.29, 1.82) is 0 Å². The summed E-state index contributed by atoms with van der Waals surface area (Å²) in [6.45, 7) is 2.01. The second-order valence-corrected chi connectivity index (χ2v) is 12.0. The predicted molar refractivity (Wildman–Crippen MR) is 136 cm³/mol. The molecule has 2 aromatic carbocycles. The summed E-state index contributed by atoms with van der Waals surface area (Å²) in [7, 11) is -9.06. The number of rotatable bonds is 9. The molecular weight excluding hydrogens is 590 g/mol. The second kappa shape index (κ2) is 12.3. The summed E-state index contributed by atoms with van der Waals surface area (Å²) >= 11 is 12.2. The Morgan fingerprint density at radius 1 is 1.05 bits per heavy atom. The summed E-state index contributed by atoms with van der Waals surface area (Å²) in [5.74, 6) is -0.476. The molecule has 38 heavy (non-hydrogen) atoms. The SMILES string of the molecule is CCC(=C/c1oc2ccc(Cl)cc2[n+]1CS(=O)(=O)[O-])/C=C1/Oc2ccc(Cl)cc2N1CCCS(=O)(=O)[O-].[Na+]. The molecule has 2 heterocycles. The monoisotopic (exact) mass is 610 g/mol. The van der Waals surface area contributed by atoms with Gasteiger partial charge in [0.2, 0.25) is 17.3 Å². The summed E-state index contributed by atoms with van der Waals surface area (Å²) in [6, 6.07) is 9.62. The molecule has 1 aliphatic heterocycles. The number of aromatic nitrogens is 1. The first-order valence-electron chi connectivity index (χ1n) is 11.0. The molecule has 0 spiro atoms. The van der Waals surface area contributed by atoms with E-state index in [1.54, 1.807) is 47.4 Å². The van der Waals surface area contributed by atoms with Gasteiger partial charge in [-0.2, -0.15) is 0 Å². The maximum Gasteiger partial charge on any atom is 1.00 e. The van der Waals surface area contributed by atoms with Crippen LogP contribution in [0.1, 0.15) is 25.7 Å². The van der Waals surface area contributed by atoms with Crippen LogP contribution in [0.5, 0.6) is 5.75 Å². The minimum absolute atomic E-state index is 0. The Morgan fingerprint density at radius 2 is 1.74 bits per heavy atom. The van der Waals surface area contributed by atoms with Crippen LogP contribution in [0, 0.1) is 0 Å². The molecule has 4 rings (SSSR count). The summed E-state index contributed by atoms with van der Waals surface area (Å²) in [4.78, 5) is 1.70. The van der Waals surface area contributed by atoms with Crippen LogP contribution < -0.4 is 43.8 Å². The topological polar surface area (TPSA) is 144 Å². The molecule has 198 valence electrons. The van der Waals surface area contributed by atoms with Crippen molar-refractivity contribution in [1.82, 2.24) is 0 Å². The van der Waals surface area contributed by atoms with Crippen LogP contribution in [0.2, 0.25) is 10.0 Å². The van der Waals surface area contributed by atoms with Gasteiger partial charge in [-0.1, -0.05) is 30.1 Å². The molecule has 0 bridgehead atoms. The van der Waals surface area contributed by atoms with Crippen molar-refractivity contribution >= 4 is 66.3 Å². The molecule has 3 aromatic rings. The molecule has 0 amide bonds. The number of nitrogens with zero attached hydrogens (tertiary/aromatic N) is 2. The maximum atomic E-state index is 11.6. The second-order valence-electron chi connectivity index (χ2n) is 8.20. The molecule has 10 nitrogen and oxygen atoms in total. The number of hydrogen-bond acceptors (Lipinski definition) is 9. The van der Waals surface area contributed by atoms with Crippen LogP contribution in [0.4, 0.5) is 5.69 Å². The van der Waals surface area contributed by atoms with Crippen molar-refractivity contribution in [3.8, 4) is 5.75 Å². The Hall–Kier alpha value is -1.61. The van der Waals surface area contributed by atoms with Crippen molar-refractivity contribution in [3.63, 3.8) is 0 Å². The Labute approximate surface area is 252 Å². The molecule has 0 N–H and O–H groups in total. The van der Waals surface area contributed by atoms with Crippen LogP contribution in [0.3, 0.4) is 0 Å². The fraction of sp³-hybridized carbons (Fsp3) is 0.261. The van der Waals surface area contributed by atoms with Gasteiger partial charge in [0.25, 0.3) is 5.52 Å². The zero-order chi connectivity index (χ0) is 27.0. The van der Waals surface area contributed by atoms with Crippen LogP contribution in [0.15, 0.2) is 58.3 Å². The van der Waals surface area contributed by atoms with E-state index in [0.29, 0.717) is 50.5 Å². The van der Waals surface area contributed by atoms with E-state index >= 15 is 0 Å². The molecular formula is C23H21Cl2N2NaO8S2. The maximum absolute atomic E-state index is 11.6. The number of hydrogen-bond donors (Lipinski definition) is 0. The average molecular weight is 611 g/mol. The molecule has 15 heteroatoms. The normalized spacial score (nSPS) is 15.0. The van der Waals surface area contributed by atoms with Crippen molar-refractivity contribution in [2.75, 3.05) is 17.2 Å². The van der Waals surface area contributed by atoms with E-state index in [1.165, 1.54) is 10.6 Å². The zero-order valence-electron chi connectivity index (χ0n) is 20.4. The first-order valence-corrected chi connectivity index (χ1v) is 14.9. The Bertz CT molecular complexity index is 1640. The summed E-state index contributed by atoms with van der Waals surface area (Å²) in [6.07, 6.45) is 3.76. The number of halogens is 2. The quantitative estimate of drug-likeness (QED) is 0.197. The molecule has 0 unspecified atom stereocenters. The Balaban J connectivity index is 0.00000400. The molecule has 0 saturated heterocycles. The van der Waals surface area contributed by atoms with E-state index in [9.17, 15) is 25.9 Å². The molecule has 0 radical (unpaired) electrons. The predicted octanol–water partition coefficient (Wildman–Crippen LogP) is 1.00. The first kappa shape index (κ1) is 30.9. The molecule has 0 atom stereocenters. The van der Waals surface area contributed by atoms with Gasteiger partial charge in [-0.15, -0.1) is 4.57 Å². The molecule has 0 fully saturated rings. The number of allylic oxidation sites excluding steroid dienone is 2. The third-order valence-corrected chi connectivity index (χ3v) is 7.31. The number of oxazole rings is 1. The average Bonchev–Trinajstić information content (AvgIpc) is 3.28. The fourth-order valence-corrected chi connectivity index (χ4v) is 5.25. The van der Waals surface area contributed by atoms with Crippen molar-refractivity contribution < 1.29 is 69.2 Å². The van der Waals surface area contributed by atoms with Crippen molar-refractivity contribution in [2.45, 2.75) is 25.6 Å². The van der Waals surface area contributed by atoms with E-state index < -0.39 is 31.9 Å². The van der Waals surface area contributed by atoms with Gasteiger partial charge in [-0.25, -0.2) is 16.8 Å². The minimum Gasteiger partial charge on any atom is -0.748 e. The fourth-order valence-electron chi connectivity index (χ4n) is 3.85. The first-order chi connectivity index (χ1) is 17.3. The summed E-state index contributed by atoms with van der Waals surface area (Å²) in [5.41, 5.74) is 1.91. The zero-order valence-corrected chi connectivity index (χ0v) is 25.5. The van der Waals surface area contributed by atoms with Crippen LogP contribution >= 0.6 is 23.2 Å². The van der Waals surface area contributed by atoms with Gasteiger partial charge in [0.1, 0.15) is 0 Å². The molecule has 0 aliphatic carbocycles. The Kier molecular flexibility index (Phi) is 9.99. The molecule has 0 saturated carbocycles. The van der Waals surface area contributed by atoms with E-state index in [1.807, 2.05) is 6.92 Å². The Morgan fingerprint density at radius 3 is 2.39 bits per heavy atom. The third-order valence-electron chi connectivity index (χ3n) is 5.47. The van der Waals surface area contributed by atoms with Gasteiger partial charge in [0.05, 0.1) is 21.9 Å².